The molecular weight excluding hydrogens is 154 g/mol. The van der Waals surface area contributed by atoms with Gasteiger partial charge in [-0.05, 0) is 11.8 Å². The maximum atomic E-state index is 11.1. The van der Waals surface area contributed by atoms with Crippen LogP contribution in [0.4, 0.5) is 0 Å². The van der Waals surface area contributed by atoms with Crippen LogP contribution in [0.3, 0.4) is 0 Å². The van der Waals surface area contributed by atoms with E-state index in [0.717, 1.165) is 6.42 Å². The van der Waals surface area contributed by atoms with Gasteiger partial charge in [0, 0.05) is 12.3 Å². The Labute approximate surface area is 72.5 Å². The number of hydrogen-bond acceptors (Lipinski definition) is 2. The van der Waals surface area contributed by atoms with E-state index in [4.69, 9.17) is 0 Å². The lowest BCUT2D eigenvalue weighted by atomic mass is 9.84. The zero-order chi connectivity index (χ0) is 9.35. The Morgan fingerprint density at radius 1 is 1.42 bits per heavy atom. The molecule has 0 radical (unpaired) electrons. The van der Waals surface area contributed by atoms with Gasteiger partial charge in [-0.3, -0.25) is 14.9 Å². The SMILES string of the molecule is CC(C)(C)CC1CC(=O)NC1=O. The minimum Gasteiger partial charge on any atom is -0.296 e. The Morgan fingerprint density at radius 2 is 2.00 bits per heavy atom. The van der Waals surface area contributed by atoms with Gasteiger partial charge < -0.3 is 0 Å². The van der Waals surface area contributed by atoms with Gasteiger partial charge >= 0.3 is 0 Å². The van der Waals surface area contributed by atoms with Crippen molar-refractivity contribution >= 4 is 11.8 Å². The fraction of sp³-hybridized carbons (Fsp3) is 0.778. The molecule has 68 valence electrons. The van der Waals surface area contributed by atoms with Crippen LogP contribution in [-0.2, 0) is 9.59 Å². The van der Waals surface area contributed by atoms with Gasteiger partial charge in [0.15, 0.2) is 0 Å². The summed E-state index contributed by atoms with van der Waals surface area (Å²) in [5.41, 5.74) is 0.118. The Morgan fingerprint density at radius 3 is 2.33 bits per heavy atom. The van der Waals surface area contributed by atoms with Gasteiger partial charge in [0.2, 0.25) is 11.8 Å². The van der Waals surface area contributed by atoms with Crippen LogP contribution in [0.1, 0.15) is 33.6 Å². The molecule has 1 unspecified atom stereocenters. The smallest absolute Gasteiger partial charge is 0.230 e. The van der Waals surface area contributed by atoms with Crippen LogP contribution in [0.25, 0.3) is 0 Å². The molecule has 0 bridgehead atoms. The molecule has 0 aromatic carbocycles. The van der Waals surface area contributed by atoms with Crippen molar-refractivity contribution in [3.05, 3.63) is 0 Å². The second kappa shape index (κ2) is 2.88. The first-order valence-corrected chi connectivity index (χ1v) is 4.22. The summed E-state index contributed by atoms with van der Waals surface area (Å²) < 4.78 is 0. The van der Waals surface area contributed by atoms with Crippen molar-refractivity contribution in [2.75, 3.05) is 0 Å². The van der Waals surface area contributed by atoms with E-state index in [9.17, 15) is 9.59 Å². The zero-order valence-corrected chi connectivity index (χ0v) is 7.81. The molecule has 0 spiro atoms. The van der Waals surface area contributed by atoms with E-state index in [-0.39, 0.29) is 23.1 Å². The van der Waals surface area contributed by atoms with Gasteiger partial charge in [-0.2, -0.15) is 0 Å². The summed E-state index contributed by atoms with van der Waals surface area (Å²) in [5, 5.41) is 2.31. The number of amides is 2. The molecular formula is C9H15NO2. The highest BCUT2D eigenvalue weighted by molar-refractivity contribution is 6.03. The quantitative estimate of drug-likeness (QED) is 0.597. The normalized spacial score (nSPS) is 24.4. The summed E-state index contributed by atoms with van der Waals surface area (Å²) in [5.74, 6) is -0.332. The average Bonchev–Trinajstić information content (AvgIpc) is 2.06. The van der Waals surface area contributed by atoms with E-state index in [1.54, 1.807) is 0 Å². The maximum Gasteiger partial charge on any atom is 0.230 e. The van der Waals surface area contributed by atoms with E-state index in [1.165, 1.54) is 0 Å². The van der Waals surface area contributed by atoms with Crippen molar-refractivity contribution < 1.29 is 9.59 Å². The van der Waals surface area contributed by atoms with Crippen molar-refractivity contribution in [1.29, 1.82) is 0 Å². The second-order valence-corrected chi connectivity index (χ2v) is 4.58. The molecule has 1 atom stereocenters. The van der Waals surface area contributed by atoms with Crippen molar-refractivity contribution in [1.82, 2.24) is 5.32 Å². The van der Waals surface area contributed by atoms with Gasteiger partial charge in [0.1, 0.15) is 0 Å². The topological polar surface area (TPSA) is 46.2 Å². The lowest BCUT2D eigenvalue weighted by molar-refractivity contribution is -0.126. The lowest BCUT2D eigenvalue weighted by Gasteiger charge is -2.20. The molecule has 3 heteroatoms. The largest absolute Gasteiger partial charge is 0.296 e. The van der Waals surface area contributed by atoms with Crippen molar-refractivity contribution in [3.8, 4) is 0 Å². The van der Waals surface area contributed by atoms with Crippen LogP contribution in [0.15, 0.2) is 0 Å². The van der Waals surface area contributed by atoms with Crippen molar-refractivity contribution in [3.63, 3.8) is 0 Å². The fourth-order valence-corrected chi connectivity index (χ4v) is 1.51. The number of carbonyl (C=O) groups is 2. The van der Waals surface area contributed by atoms with Crippen molar-refractivity contribution in [2.45, 2.75) is 33.6 Å². The van der Waals surface area contributed by atoms with Gasteiger partial charge in [-0.15, -0.1) is 0 Å². The summed E-state index contributed by atoms with van der Waals surface area (Å²) in [6, 6.07) is 0. The summed E-state index contributed by atoms with van der Waals surface area (Å²) in [4.78, 5) is 21.9. The van der Waals surface area contributed by atoms with Crippen LogP contribution >= 0.6 is 0 Å². The third-order valence-electron chi connectivity index (χ3n) is 1.92. The molecule has 2 amide bonds. The van der Waals surface area contributed by atoms with E-state index in [1.807, 2.05) is 0 Å². The number of carbonyl (C=O) groups excluding carboxylic acids is 2. The molecule has 3 nitrogen and oxygen atoms in total. The summed E-state index contributed by atoms with van der Waals surface area (Å²) in [6.45, 7) is 6.22. The maximum absolute atomic E-state index is 11.1. The predicted molar refractivity (Wildman–Crippen MR) is 45.3 cm³/mol. The first kappa shape index (κ1) is 9.23. The van der Waals surface area contributed by atoms with Gasteiger partial charge in [0.25, 0.3) is 0 Å². The van der Waals surface area contributed by atoms with Crippen molar-refractivity contribution in [2.24, 2.45) is 11.3 Å². The molecule has 1 aliphatic rings. The van der Waals surface area contributed by atoms with Crippen LogP contribution in [0.5, 0.6) is 0 Å². The number of rotatable bonds is 1. The average molecular weight is 169 g/mol. The summed E-state index contributed by atoms with van der Waals surface area (Å²) in [6.07, 6.45) is 1.15. The van der Waals surface area contributed by atoms with Crippen LogP contribution < -0.4 is 5.32 Å². The highest BCUT2D eigenvalue weighted by Gasteiger charge is 2.33. The Kier molecular flexibility index (Phi) is 2.22. The second-order valence-electron chi connectivity index (χ2n) is 4.58. The van der Waals surface area contributed by atoms with E-state index in [2.05, 4.69) is 26.1 Å². The summed E-state index contributed by atoms with van der Waals surface area (Å²) in [7, 11) is 0. The molecule has 0 aliphatic carbocycles. The molecule has 1 N–H and O–H groups in total. The molecule has 1 rings (SSSR count). The van der Waals surface area contributed by atoms with Gasteiger partial charge in [-0.1, -0.05) is 20.8 Å². The molecule has 0 saturated carbocycles. The van der Waals surface area contributed by atoms with E-state index in [0.29, 0.717) is 6.42 Å². The minimum atomic E-state index is -0.130. The number of hydrogen-bond donors (Lipinski definition) is 1. The van der Waals surface area contributed by atoms with Gasteiger partial charge in [-0.25, -0.2) is 0 Å². The highest BCUT2D eigenvalue weighted by Crippen LogP contribution is 2.28. The molecule has 0 aromatic rings. The first-order chi connectivity index (χ1) is 5.38. The molecule has 1 heterocycles. The Hall–Kier alpha value is -0.860. The molecule has 1 fully saturated rings. The minimum absolute atomic E-state index is 0.0995. The third kappa shape index (κ3) is 2.32. The molecule has 12 heavy (non-hydrogen) atoms. The number of imide groups is 1. The highest BCUT2D eigenvalue weighted by atomic mass is 16.2. The summed E-state index contributed by atoms with van der Waals surface area (Å²) >= 11 is 0. The zero-order valence-electron chi connectivity index (χ0n) is 7.81. The molecule has 1 saturated heterocycles. The molecule has 0 aromatic heterocycles. The van der Waals surface area contributed by atoms with E-state index >= 15 is 0 Å². The standard InChI is InChI=1S/C9H15NO2/c1-9(2,3)5-6-4-7(11)10-8(6)12/h6H,4-5H2,1-3H3,(H,10,11,12). The van der Waals surface area contributed by atoms with Crippen LogP contribution in [-0.4, -0.2) is 11.8 Å². The monoisotopic (exact) mass is 169 g/mol. The predicted octanol–water partition coefficient (Wildman–Crippen LogP) is 1.09. The first-order valence-electron chi connectivity index (χ1n) is 4.22. The number of nitrogens with one attached hydrogen (secondary N) is 1. The lowest BCUT2D eigenvalue weighted by Crippen LogP contribution is -2.24. The van der Waals surface area contributed by atoms with Crippen LogP contribution in [0, 0.1) is 11.3 Å². The van der Waals surface area contributed by atoms with Crippen LogP contribution in [0.2, 0.25) is 0 Å². The van der Waals surface area contributed by atoms with Gasteiger partial charge in [0.05, 0.1) is 0 Å². The third-order valence-corrected chi connectivity index (χ3v) is 1.92. The van der Waals surface area contributed by atoms with E-state index < -0.39 is 0 Å². The fourth-order valence-electron chi connectivity index (χ4n) is 1.51. The Bertz CT molecular complexity index is 215. The molecule has 1 aliphatic heterocycles. The Balaban J connectivity index is 2.54.